The first kappa shape index (κ1) is 22.5. The van der Waals surface area contributed by atoms with Crippen LogP contribution in [0.25, 0.3) is 0 Å². The van der Waals surface area contributed by atoms with Crippen molar-refractivity contribution in [3.8, 4) is 0 Å². The second-order valence-corrected chi connectivity index (χ2v) is 10.0. The lowest BCUT2D eigenvalue weighted by Gasteiger charge is -2.37. The van der Waals surface area contributed by atoms with E-state index in [0.29, 0.717) is 12.2 Å². The van der Waals surface area contributed by atoms with Crippen LogP contribution in [-0.4, -0.2) is 30.9 Å². The molecule has 0 bridgehead atoms. The molecule has 9 heteroatoms. The maximum atomic E-state index is 12.8. The van der Waals surface area contributed by atoms with Gasteiger partial charge < -0.3 is 10.6 Å². The molecule has 2 aromatic rings. The number of sulfonamides is 1. The molecule has 4 atom stereocenters. The van der Waals surface area contributed by atoms with Crippen LogP contribution in [0.3, 0.4) is 0 Å². The Morgan fingerprint density at radius 3 is 2.57 bits per heavy atom. The van der Waals surface area contributed by atoms with Gasteiger partial charge in [0.05, 0.1) is 4.90 Å². The zero-order chi connectivity index (χ0) is 21.7. The fraction of sp³-hybridized carbons (Fsp3) is 0.429. The monoisotopic (exact) mass is 450 g/mol. The Hall–Kier alpha value is -2.16. The van der Waals surface area contributed by atoms with Gasteiger partial charge in [-0.25, -0.2) is 17.9 Å². The Kier molecular flexibility index (Phi) is 7.33. The number of urea groups is 1. The second kappa shape index (κ2) is 9.76. The molecule has 7 nitrogen and oxygen atoms in total. The molecule has 0 spiro atoms. The van der Waals surface area contributed by atoms with Gasteiger partial charge in [-0.3, -0.25) is 4.98 Å². The van der Waals surface area contributed by atoms with Crippen molar-refractivity contribution in [1.29, 1.82) is 0 Å². The Morgan fingerprint density at radius 2 is 1.90 bits per heavy atom. The molecule has 1 aromatic heterocycles. The van der Waals surface area contributed by atoms with Crippen LogP contribution in [0.5, 0.6) is 0 Å². The summed E-state index contributed by atoms with van der Waals surface area (Å²) in [6, 6.07) is 9.16. The van der Waals surface area contributed by atoms with Crippen LogP contribution >= 0.6 is 11.6 Å². The van der Waals surface area contributed by atoms with Crippen LogP contribution in [0.15, 0.2) is 53.7 Å². The molecule has 0 saturated heterocycles. The number of halogens is 1. The number of carbonyl (C=O) groups excluding carboxylic acids is 1. The summed E-state index contributed by atoms with van der Waals surface area (Å²) in [5, 5.41) is 5.38. The van der Waals surface area contributed by atoms with E-state index >= 15 is 0 Å². The van der Waals surface area contributed by atoms with Gasteiger partial charge in [-0.2, -0.15) is 0 Å². The lowest BCUT2D eigenvalue weighted by Crippen LogP contribution is -2.49. The third-order valence-corrected chi connectivity index (χ3v) is 7.63. The van der Waals surface area contributed by atoms with Crippen LogP contribution in [0.4, 0.5) is 10.5 Å². The Labute approximate surface area is 182 Å². The number of alkyl halides is 1. The molecule has 1 fully saturated rings. The molecule has 3 rings (SSSR count). The van der Waals surface area contributed by atoms with E-state index < -0.39 is 10.0 Å². The topological polar surface area (TPSA) is 100 Å². The number of hydrogen-bond acceptors (Lipinski definition) is 4. The molecule has 4 unspecified atom stereocenters. The van der Waals surface area contributed by atoms with E-state index in [4.69, 9.17) is 11.6 Å². The minimum atomic E-state index is -3.68. The summed E-state index contributed by atoms with van der Waals surface area (Å²) in [6.45, 7) is 4.37. The second-order valence-electron chi connectivity index (χ2n) is 7.77. The van der Waals surface area contributed by atoms with Crippen LogP contribution in [0.1, 0.15) is 32.3 Å². The van der Waals surface area contributed by atoms with Crippen LogP contribution < -0.4 is 15.4 Å². The number of nitrogens with one attached hydrogen (secondary N) is 3. The van der Waals surface area contributed by atoms with Crippen molar-refractivity contribution in [2.75, 3.05) is 5.32 Å². The van der Waals surface area contributed by atoms with E-state index in [9.17, 15) is 13.2 Å². The maximum Gasteiger partial charge on any atom is 0.319 e. The third kappa shape index (κ3) is 5.71. The molecule has 1 saturated carbocycles. The van der Waals surface area contributed by atoms with Crippen molar-refractivity contribution in [3.63, 3.8) is 0 Å². The van der Waals surface area contributed by atoms with Gasteiger partial charge in [0.2, 0.25) is 10.0 Å². The molecule has 3 N–H and O–H groups in total. The highest BCUT2D eigenvalue weighted by Gasteiger charge is 2.36. The van der Waals surface area contributed by atoms with Gasteiger partial charge in [-0.1, -0.05) is 19.9 Å². The standard InChI is InChI=1S/C21H27ClN4O3S/c1-14-5-10-19(22)15(2)20(14)26-30(28,29)18-8-6-17(7-9-18)25-21(27)24-13-16-4-3-11-23-12-16/h3-4,6-9,11-12,14-15,19-20,26H,5,10,13H2,1-2H3,(H2,24,25,27). The van der Waals surface area contributed by atoms with E-state index in [0.717, 1.165) is 18.4 Å². The first-order chi connectivity index (χ1) is 14.3. The highest BCUT2D eigenvalue weighted by atomic mass is 35.5. The lowest BCUT2D eigenvalue weighted by atomic mass is 9.79. The number of anilines is 1. The molecule has 0 radical (unpaired) electrons. The molecule has 162 valence electrons. The summed E-state index contributed by atoms with van der Waals surface area (Å²) in [4.78, 5) is 16.2. The highest BCUT2D eigenvalue weighted by molar-refractivity contribution is 7.89. The number of hydrogen-bond donors (Lipinski definition) is 3. The number of rotatable bonds is 6. The summed E-state index contributed by atoms with van der Waals surface area (Å²) < 4.78 is 28.5. The van der Waals surface area contributed by atoms with Gasteiger partial charge >= 0.3 is 6.03 Å². The Balaban J connectivity index is 1.59. The first-order valence-electron chi connectivity index (χ1n) is 9.96. The van der Waals surface area contributed by atoms with Gasteiger partial charge in [-0.05, 0) is 60.6 Å². The quantitative estimate of drug-likeness (QED) is 0.584. The van der Waals surface area contributed by atoms with Crippen molar-refractivity contribution in [3.05, 3.63) is 54.4 Å². The van der Waals surface area contributed by atoms with Crippen molar-refractivity contribution >= 4 is 33.3 Å². The number of amides is 2. The lowest BCUT2D eigenvalue weighted by molar-refractivity contribution is 0.238. The summed E-state index contributed by atoms with van der Waals surface area (Å²) in [5.74, 6) is 0.267. The van der Waals surface area contributed by atoms with E-state index in [1.165, 1.54) is 12.1 Å². The average Bonchev–Trinajstić information content (AvgIpc) is 2.74. The van der Waals surface area contributed by atoms with E-state index in [-0.39, 0.29) is 34.2 Å². The zero-order valence-electron chi connectivity index (χ0n) is 17.0. The average molecular weight is 451 g/mol. The van der Waals surface area contributed by atoms with Crippen molar-refractivity contribution in [1.82, 2.24) is 15.0 Å². The van der Waals surface area contributed by atoms with Crippen molar-refractivity contribution in [2.24, 2.45) is 11.8 Å². The fourth-order valence-corrected chi connectivity index (χ4v) is 5.37. The molecule has 0 aliphatic heterocycles. The van der Waals surface area contributed by atoms with E-state index in [2.05, 4.69) is 20.3 Å². The number of pyridine rings is 1. The minimum Gasteiger partial charge on any atom is -0.334 e. The molecular formula is C21H27ClN4O3S. The highest BCUT2D eigenvalue weighted by Crippen LogP contribution is 2.33. The summed E-state index contributed by atoms with van der Waals surface area (Å²) >= 11 is 6.35. The van der Waals surface area contributed by atoms with Gasteiger partial charge in [0, 0.05) is 36.0 Å². The smallest absolute Gasteiger partial charge is 0.319 e. The molecule has 1 heterocycles. The zero-order valence-corrected chi connectivity index (χ0v) is 18.6. The molecular weight excluding hydrogens is 424 g/mol. The SMILES string of the molecule is CC1CCC(Cl)C(C)C1NS(=O)(=O)c1ccc(NC(=O)NCc2cccnc2)cc1. The van der Waals surface area contributed by atoms with Crippen molar-refractivity contribution < 1.29 is 13.2 Å². The van der Waals surface area contributed by atoms with E-state index in [1.807, 2.05) is 19.9 Å². The summed E-state index contributed by atoms with van der Waals surface area (Å²) in [6.07, 6.45) is 5.12. The molecule has 1 aliphatic carbocycles. The van der Waals surface area contributed by atoms with E-state index in [1.54, 1.807) is 30.6 Å². The summed E-state index contributed by atoms with van der Waals surface area (Å²) in [5.41, 5.74) is 1.38. The van der Waals surface area contributed by atoms with Crippen molar-refractivity contribution in [2.45, 2.75) is 49.5 Å². The first-order valence-corrected chi connectivity index (χ1v) is 11.9. The predicted octanol–water partition coefficient (Wildman–Crippen LogP) is 3.72. The number of aromatic nitrogens is 1. The third-order valence-electron chi connectivity index (χ3n) is 5.54. The van der Waals surface area contributed by atoms with Gasteiger partial charge in [-0.15, -0.1) is 11.6 Å². The number of carbonyl (C=O) groups is 1. The Morgan fingerprint density at radius 1 is 1.17 bits per heavy atom. The van der Waals surface area contributed by atoms with Crippen LogP contribution in [-0.2, 0) is 16.6 Å². The Bertz CT molecular complexity index is 954. The van der Waals surface area contributed by atoms with Crippen LogP contribution in [0, 0.1) is 11.8 Å². The largest absolute Gasteiger partial charge is 0.334 e. The number of benzene rings is 1. The normalized spacial score (nSPS) is 24.2. The molecule has 30 heavy (non-hydrogen) atoms. The maximum absolute atomic E-state index is 12.8. The number of nitrogens with zero attached hydrogens (tertiary/aromatic N) is 1. The predicted molar refractivity (Wildman–Crippen MR) is 118 cm³/mol. The van der Waals surface area contributed by atoms with Crippen LogP contribution in [0.2, 0.25) is 0 Å². The molecule has 1 aromatic carbocycles. The molecule has 1 aliphatic rings. The molecule has 2 amide bonds. The van der Waals surface area contributed by atoms with Gasteiger partial charge in [0.15, 0.2) is 0 Å². The fourth-order valence-electron chi connectivity index (χ4n) is 3.66. The van der Waals surface area contributed by atoms with Gasteiger partial charge in [0.25, 0.3) is 0 Å². The summed E-state index contributed by atoms with van der Waals surface area (Å²) in [7, 11) is -3.68. The minimum absolute atomic E-state index is 0.0364. The van der Waals surface area contributed by atoms with Gasteiger partial charge in [0.1, 0.15) is 0 Å².